The molecule has 22 heavy (non-hydrogen) atoms. The van der Waals surface area contributed by atoms with Crippen LogP contribution in [0, 0.1) is 0 Å². The number of carbonyl (C=O) groups is 1. The summed E-state index contributed by atoms with van der Waals surface area (Å²) in [5.74, 6) is -0.351. The van der Waals surface area contributed by atoms with Gasteiger partial charge in [0, 0.05) is 5.69 Å². The van der Waals surface area contributed by atoms with Crippen molar-refractivity contribution in [1.82, 2.24) is 0 Å². The third-order valence-electron chi connectivity index (χ3n) is 2.99. The van der Waals surface area contributed by atoms with Crippen molar-refractivity contribution in [3.05, 3.63) is 64.8 Å². The lowest BCUT2D eigenvalue weighted by Gasteiger charge is -2.06. The fraction of sp³-hybridized carbons (Fsp3) is 0.0625. The standard InChI is InChI=1S/C16H12BrN3O2/c17-15-14(10-22-16(15)21)18-11-6-8-13(9-7-11)20-19-12-4-2-1-3-5-12/h1-9,18H,10H2. The van der Waals surface area contributed by atoms with Gasteiger partial charge in [0.15, 0.2) is 0 Å². The molecular formula is C16H12BrN3O2. The number of carbonyl (C=O) groups excluding carboxylic acids is 1. The van der Waals surface area contributed by atoms with Gasteiger partial charge in [-0.15, -0.1) is 0 Å². The SMILES string of the molecule is O=C1OCC(Nc2ccc(N=Nc3ccccc3)cc2)=C1Br. The van der Waals surface area contributed by atoms with Crippen LogP contribution < -0.4 is 5.32 Å². The molecule has 0 unspecified atom stereocenters. The summed E-state index contributed by atoms with van der Waals surface area (Å²) in [7, 11) is 0. The van der Waals surface area contributed by atoms with E-state index in [-0.39, 0.29) is 12.6 Å². The average Bonchev–Trinajstić information content (AvgIpc) is 2.87. The molecule has 2 aromatic rings. The zero-order valence-electron chi connectivity index (χ0n) is 11.5. The van der Waals surface area contributed by atoms with Crippen LogP contribution in [0.5, 0.6) is 0 Å². The van der Waals surface area contributed by atoms with Crippen LogP contribution in [0.25, 0.3) is 0 Å². The Morgan fingerprint density at radius 3 is 2.18 bits per heavy atom. The number of azo groups is 1. The second-order valence-electron chi connectivity index (χ2n) is 4.58. The predicted octanol–water partition coefficient (Wildman–Crippen LogP) is 4.68. The van der Waals surface area contributed by atoms with E-state index in [1.165, 1.54) is 0 Å². The molecule has 2 aromatic carbocycles. The van der Waals surface area contributed by atoms with Crippen LogP contribution in [-0.2, 0) is 9.53 Å². The molecule has 1 aliphatic heterocycles. The van der Waals surface area contributed by atoms with Crippen LogP contribution in [0.1, 0.15) is 0 Å². The fourth-order valence-electron chi connectivity index (χ4n) is 1.87. The highest BCUT2D eigenvalue weighted by Gasteiger charge is 2.22. The lowest BCUT2D eigenvalue weighted by atomic mass is 10.2. The highest BCUT2D eigenvalue weighted by Crippen LogP contribution is 2.25. The highest BCUT2D eigenvalue weighted by molar-refractivity contribution is 9.12. The molecule has 0 aromatic heterocycles. The Bertz CT molecular complexity index is 740. The number of anilines is 1. The monoisotopic (exact) mass is 357 g/mol. The van der Waals surface area contributed by atoms with Crippen molar-refractivity contribution in [1.29, 1.82) is 0 Å². The van der Waals surface area contributed by atoms with Crippen molar-refractivity contribution < 1.29 is 9.53 Å². The maximum Gasteiger partial charge on any atom is 0.347 e. The first-order valence-corrected chi connectivity index (χ1v) is 7.41. The van der Waals surface area contributed by atoms with Gasteiger partial charge in [-0.3, -0.25) is 0 Å². The number of benzene rings is 2. The van der Waals surface area contributed by atoms with E-state index in [0.29, 0.717) is 10.2 Å². The summed E-state index contributed by atoms with van der Waals surface area (Å²) < 4.78 is 5.34. The van der Waals surface area contributed by atoms with Crippen molar-refractivity contribution in [2.24, 2.45) is 10.2 Å². The topological polar surface area (TPSA) is 63.0 Å². The zero-order valence-corrected chi connectivity index (χ0v) is 13.1. The number of halogens is 1. The first-order valence-electron chi connectivity index (χ1n) is 6.62. The van der Waals surface area contributed by atoms with E-state index >= 15 is 0 Å². The van der Waals surface area contributed by atoms with Crippen molar-refractivity contribution >= 4 is 39.0 Å². The van der Waals surface area contributed by atoms with Crippen LogP contribution in [0.2, 0.25) is 0 Å². The van der Waals surface area contributed by atoms with Crippen molar-refractivity contribution in [2.75, 3.05) is 11.9 Å². The van der Waals surface area contributed by atoms with Gasteiger partial charge in [-0.2, -0.15) is 10.2 Å². The molecule has 0 radical (unpaired) electrons. The Morgan fingerprint density at radius 1 is 0.955 bits per heavy atom. The number of nitrogens with zero attached hydrogens (tertiary/aromatic N) is 2. The van der Waals surface area contributed by atoms with Crippen LogP contribution >= 0.6 is 15.9 Å². The summed E-state index contributed by atoms with van der Waals surface area (Å²) in [5, 5.41) is 11.5. The molecule has 0 fully saturated rings. The molecular weight excluding hydrogens is 346 g/mol. The molecule has 0 amide bonds. The second-order valence-corrected chi connectivity index (χ2v) is 5.37. The van der Waals surface area contributed by atoms with Gasteiger partial charge in [0.1, 0.15) is 11.1 Å². The van der Waals surface area contributed by atoms with Crippen LogP contribution in [0.15, 0.2) is 75.0 Å². The lowest BCUT2D eigenvalue weighted by molar-refractivity contribution is -0.135. The number of hydrogen-bond acceptors (Lipinski definition) is 5. The summed E-state index contributed by atoms with van der Waals surface area (Å²) in [5.41, 5.74) is 3.12. The third kappa shape index (κ3) is 3.40. The van der Waals surface area contributed by atoms with Gasteiger partial charge in [0.05, 0.1) is 17.1 Å². The van der Waals surface area contributed by atoms with E-state index < -0.39 is 0 Å². The molecule has 1 heterocycles. The molecule has 110 valence electrons. The van der Waals surface area contributed by atoms with E-state index in [2.05, 4.69) is 31.5 Å². The van der Waals surface area contributed by atoms with Gasteiger partial charge in [-0.1, -0.05) is 18.2 Å². The second kappa shape index (κ2) is 6.53. The normalized spacial score (nSPS) is 14.5. The minimum atomic E-state index is -0.351. The van der Waals surface area contributed by atoms with Crippen LogP contribution in [0.3, 0.4) is 0 Å². The minimum Gasteiger partial charge on any atom is -0.455 e. The summed E-state index contributed by atoms with van der Waals surface area (Å²) in [4.78, 5) is 11.3. The molecule has 0 atom stereocenters. The molecule has 1 N–H and O–H groups in total. The van der Waals surface area contributed by atoms with E-state index in [4.69, 9.17) is 4.74 Å². The van der Waals surface area contributed by atoms with E-state index in [1.54, 1.807) is 0 Å². The minimum absolute atomic E-state index is 0.245. The molecule has 0 saturated carbocycles. The smallest absolute Gasteiger partial charge is 0.347 e. The Labute approximate surface area is 135 Å². The van der Waals surface area contributed by atoms with Gasteiger partial charge >= 0.3 is 5.97 Å². The van der Waals surface area contributed by atoms with Gasteiger partial charge in [-0.05, 0) is 52.3 Å². The Kier molecular flexibility index (Phi) is 4.29. The Morgan fingerprint density at radius 2 is 1.59 bits per heavy atom. The van der Waals surface area contributed by atoms with Gasteiger partial charge < -0.3 is 10.1 Å². The molecule has 0 bridgehead atoms. The molecule has 0 spiro atoms. The molecule has 3 rings (SSSR count). The van der Waals surface area contributed by atoms with Crippen molar-refractivity contribution in [2.45, 2.75) is 0 Å². The van der Waals surface area contributed by atoms with E-state index in [0.717, 1.165) is 17.1 Å². The van der Waals surface area contributed by atoms with E-state index in [1.807, 2.05) is 54.6 Å². The summed E-state index contributed by atoms with van der Waals surface area (Å²) >= 11 is 3.20. The van der Waals surface area contributed by atoms with Crippen LogP contribution in [-0.4, -0.2) is 12.6 Å². The molecule has 6 heteroatoms. The average molecular weight is 358 g/mol. The molecule has 5 nitrogen and oxygen atoms in total. The largest absolute Gasteiger partial charge is 0.455 e. The molecule has 0 aliphatic carbocycles. The molecule has 1 aliphatic rings. The summed E-state index contributed by atoms with van der Waals surface area (Å²) in [6.07, 6.45) is 0. The number of esters is 1. The Hall–Kier alpha value is -2.47. The van der Waals surface area contributed by atoms with Crippen molar-refractivity contribution in [3.63, 3.8) is 0 Å². The quantitative estimate of drug-likeness (QED) is 0.638. The van der Waals surface area contributed by atoms with Gasteiger partial charge in [-0.25, -0.2) is 4.79 Å². The van der Waals surface area contributed by atoms with Gasteiger partial charge in [0.25, 0.3) is 0 Å². The number of rotatable bonds is 4. The van der Waals surface area contributed by atoms with E-state index in [9.17, 15) is 4.79 Å². The maximum atomic E-state index is 11.3. The maximum absolute atomic E-state index is 11.3. The molecule has 0 saturated heterocycles. The first-order chi connectivity index (χ1) is 10.7. The lowest BCUT2D eigenvalue weighted by Crippen LogP contribution is -2.01. The predicted molar refractivity (Wildman–Crippen MR) is 87.6 cm³/mol. The fourth-order valence-corrected chi connectivity index (χ4v) is 2.20. The Balaban J connectivity index is 1.68. The highest BCUT2D eigenvalue weighted by atomic mass is 79.9. The van der Waals surface area contributed by atoms with Crippen LogP contribution in [0.4, 0.5) is 17.1 Å². The third-order valence-corrected chi connectivity index (χ3v) is 3.79. The number of nitrogens with one attached hydrogen (secondary N) is 1. The number of ether oxygens (including phenoxy) is 1. The zero-order chi connectivity index (χ0) is 15.4. The van der Waals surface area contributed by atoms with Gasteiger partial charge in [0.2, 0.25) is 0 Å². The summed E-state index contributed by atoms with van der Waals surface area (Å²) in [6, 6.07) is 17.0. The number of hydrogen-bond donors (Lipinski definition) is 1. The summed E-state index contributed by atoms with van der Waals surface area (Å²) in [6.45, 7) is 0.245. The van der Waals surface area contributed by atoms with Crippen molar-refractivity contribution in [3.8, 4) is 0 Å². The first kappa shape index (κ1) is 14.5. The number of cyclic esters (lactones) is 1.